The molecule has 0 saturated carbocycles. The van der Waals surface area contributed by atoms with Crippen LogP contribution in [0, 0.1) is 6.07 Å². The van der Waals surface area contributed by atoms with Crippen LogP contribution in [0.3, 0.4) is 0 Å². The molecule has 0 bridgehead atoms. The molecular formula is C13H10N2OY-2. The molecule has 0 fully saturated rings. The summed E-state index contributed by atoms with van der Waals surface area (Å²) in [5, 5.41) is 9.52. The van der Waals surface area contributed by atoms with Gasteiger partial charge in [-0.05, 0) is 11.9 Å². The summed E-state index contributed by atoms with van der Waals surface area (Å²) in [6, 6.07) is 15.0. The zero-order valence-electron chi connectivity index (χ0n) is 9.09. The predicted octanol–water partition coefficient (Wildman–Crippen LogP) is 2.40. The van der Waals surface area contributed by atoms with Gasteiger partial charge in [0.05, 0.1) is 0 Å². The molecule has 0 spiro atoms. The largest absolute Gasteiger partial charge is 0.551 e. The molecule has 2 aromatic carbocycles. The number of nitrogen functional groups attached to an aromatic ring is 1. The molecular weight excluding hydrogens is 289 g/mol. The molecule has 83 valence electrons. The van der Waals surface area contributed by atoms with Crippen molar-refractivity contribution in [3.05, 3.63) is 54.1 Å². The Kier molecular flexibility index (Phi) is 5.33. The molecule has 0 saturated heterocycles. The van der Waals surface area contributed by atoms with Crippen LogP contribution in [0.1, 0.15) is 5.56 Å². The number of para-hydroxylation sites is 1. The first-order valence-electron chi connectivity index (χ1n) is 4.77. The summed E-state index contributed by atoms with van der Waals surface area (Å²) in [6.07, 6.45) is 2.73. The van der Waals surface area contributed by atoms with E-state index in [0.717, 1.165) is 0 Å². The summed E-state index contributed by atoms with van der Waals surface area (Å²) in [6.45, 7) is 0. The van der Waals surface area contributed by atoms with Crippen molar-refractivity contribution in [2.75, 3.05) is 5.73 Å². The van der Waals surface area contributed by atoms with Gasteiger partial charge in [-0.25, -0.2) is 6.07 Å². The molecule has 0 aromatic heterocycles. The van der Waals surface area contributed by atoms with Gasteiger partial charge >= 0.3 is 0 Å². The normalized spacial score (nSPS) is 10.1. The standard InChI is InChI=1S/C13H10N2O.Y/c14-11-6-7-13(16)10(8-11)9-15-12-4-2-1-3-5-12;/h1-4,6-8,16H,14H2;/q-2;. The molecule has 0 amide bonds. The van der Waals surface area contributed by atoms with Crippen LogP contribution < -0.4 is 5.73 Å². The van der Waals surface area contributed by atoms with Crippen molar-refractivity contribution in [1.29, 1.82) is 0 Å². The van der Waals surface area contributed by atoms with E-state index in [0.29, 0.717) is 16.9 Å². The Morgan fingerprint density at radius 3 is 2.76 bits per heavy atom. The van der Waals surface area contributed by atoms with Gasteiger partial charge < -0.3 is 15.8 Å². The van der Waals surface area contributed by atoms with Crippen LogP contribution in [0.5, 0.6) is 5.75 Å². The summed E-state index contributed by atoms with van der Waals surface area (Å²) in [7, 11) is 0. The van der Waals surface area contributed by atoms with Crippen LogP contribution in [0.2, 0.25) is 0 Å². The van der Waals surface area contributed by atoms with E-state index in [-0.39, 0.29) is 38.5 Å². The van der Waals surface area contributed by atoms with Crippen molar-refractivity contribution >= 4 is 17.6 Å². The average Bonchev–Trinajstić information content (AvgIpc) is 2.32. The summed E-state index contributed by atoms with van der Waals surface area (Å²) in [5.74, 6) is 0.105. The number of hydrogen-bond acceptors (Lipinski definition) is 3. The molecule has 0 atom stereocenters. The molecule has 2 rings (SSSR count). The monoisotopic (exact) mass is 299 g/mol. The number of nitrogens with zero attached hydrogens (tertiary/aromatic N) is 1. The van der Waals surface area contributed by atoms with Gasteiger partial charge in [0.2, 0.25) is 0 Å². The van der Waals surface area contributed by atoms with E-state index in [1.165, 1.54) is 6.07 Å². The predicted molar refractivity (Wildman–Crippen MR) is 64.0 cm³/mol. The number of aromatic hydroxyl groups is 1. The number of benzene rings is 2. The second-order valence-corrected chi connectivity index (χ2v) is 3.25. The van der Waals surface area contributed by atoms with E-state index in [9.17, 15) is 5.11 Å². The van der Waals surface area contributed by atoms with E-state index >= 15 is 0 Å². The minimum atomic E-state index is 0. The number of phenolic OH excluding ortho intramolecular Hbond substituents is 1. The van der Waals surface area contributed by atoms with Crippen LogP contribution in [0.4, 0.5) is 11.4 Å². The Morgan fingerprint density at radius 1 is 1.24 bits per heavy atom. The van der Waals surface area contributed by atoms with Gasteiger partial charge in [0.1, 0.15) is 0 Å². The summed E-state index contributed by atoms with van der Waals surface area (Å²) >= 11 is 0. The van der Waals surface area contributed by atoms with Gasteiger partial charge in [0.15, 0.2) is 0 Å². The molecule has 0 unspecified atom stereocenters. The maximum atomic E-state index is 9.52. The number of hydrogen-bond donors (Lipinski definition) is 2. The topological polar surface area (TPSA) is 58.6 Å². The third kappa shape index (κ3) is 3.95. The fourth-order valence-corrected chi connectivity index (χ4v) is 1.22. The molecule has 4 heteroatoms. The molecule has 0 aliphatic heterocycles. The van der Waals surface area contributed by atoms with Crippen molar-refractivity contribution < 1.29 is 37.8 Å². The van der Waals surface area contributed by atoms with Crippen molar-refractivity contribution in [3.63, 3.8) is 0 Å². The number of anilines is 1. The van der Waals surface area contributed by atoms with Crippen molar-refractivity contribution in [1.82, 2.24) is 0 Å². The Balaban J connectivity index is 0.00000144. The van der Waals surface area contributed by atoms with Crippen LogP contribution >= 0.6 is 0 Å². The second kappa shape index (κ2) is 6.53. The number of rotatable bonds is 2. The zero-order chi connectivity index (χ0) is 11.4. The second-order valence-electron chi connectivity index (χ2n) is 3.25. The van der Waals surface area contributed by atoms with Crippen molar-refractivity contribution in [2.24, 2.45) is 4.99 Å². The number of aliphatic imine (C=N–C) groups is 1. The van der Waals surface area contributed by atoms with Gasteiger partial charge in [-0.3, -0.25) is 0 Å². The average molecular weight is 299 g/mol. The number of phenols is 1. The van der Waals surface area contributed by atoms with Gasteiger partial charge in [-0.1, -0.05) is 17.7 Å². The van der Waals surface area contributed by atoms with E-state index in [2.05, 4.69) is 17.3 Å². The molecule has 3 N–H and O–H groups in total. The van der Waals surface area contributed by atoms with Crippen molar-refractivity contribution in [3.8, 4) is 5.75 Å². The van der Waals surface area contributed by atoms with E-state index in [4.69, 9.17) is 5.73 Å². The van der Waals surface area contributed by atoms with Crippen LogP contribution in [0.25, 0.3) is 0 Å². The maximum absolute atomic E-state index is 9.52. The Hall–Kier alpha value is -1.19. The zero-order valence-corrected chi connectivity index (χ0v) is 11.9. The van der Waals surface area contributed by atoms with Gasteiger partial charge in [0, 0.05) is 38.5 Å². The quantitative estimate of drug-likeness (QED) is 0.387. The van der Waals surface area contributed by atoms with Gasteiger partial charge in [-0.2, -0.15) is 24.3 Å². The minimum Gasteiger partial charge on any atom is -0.551 e. The fraction of sp³-hybridized carbons (Fsp3) is 0. The van der Waals surface area contributed by atoms with E-state index in [1.807, 2.05) is 12.1 Å². The SMILES string of the molecule is Nc1ccc(O)c([C-]=Nc2[c-]cccc2)c1.[Y]. The summed E-state index contributed by atoms with van der Waals surface area (Å²) in [5.41, 5.74) is 7.28. The Labute approximate surface area is 125 Å². The van der Waals surface area contributed by atoms with Gasteiger partial charge in [-0.15, -0.1) is 11.8 Å². The third-order valence-electron chi connectivity index (χ3n) is 2.01. The van der Waals surface area contributed by atoms with Crippen LogP contribution in [0.15, 0.2) is 47.5 Å². The third-order valence-corrected chi connectivity index (χ3v) is 2.01. The first kappa shape index (κ1) is 13.9. The number of nitrogens with two attached hydrogens (primary N) is 1. The van der Waals surface area contributed by atoms with Crippen LogP contribution in [-0.2, 0) is 32.7 Å². The summed E-state index contributed by atoms with van der Waals surface area (Å²) in [4.78, 5) is 4.06. The molecule has 0 aliphatic carbocycles. The minimum absolute atomic E-state index is 0. The fourth-order valence-electron chi connectivity index (χ4n) is 1.22. The summed E-state index contributed by atoms with van der Waals surface area (Å²) < 4.78 is 0. The molecule has 2 aromatic rings. The maximum Gasteiger partial charge on any atom is 0.0407 e. The molecule has 3 nitrogen and oxygen atoms in total. The van der Waals surface area contributed by atoms with Crippen LogP contribution in [-0.4, -0.2) is 11.3 Å². The molecule has 17 heavy (non-hydrogen) atoms. The Bertz CT molecular complexity index is 512. The first-order chi connectivity index (χ1) is 7.75. The molecule has 1 radical (unpaired) electrons. The first-order valence-corrected chi connectivity index (χ1v) is 4.77. The van der Waals surface area contributed by atoms with Crippen molar-refractivity contribution in [2.45, 2.75) is 0 Å². The van der Waals surface area contributed by atoms with Gasteiger partial charge in [0.25, 0.3) is 0 Å². The van der Waals surface area contributed by atoms with E-state index in [1.54, 1.807) is 24.3 Å². The Morgan fingerprint density at radius 2 is 2.06 bits per heavy atom. The molecule has 0 aliphatic rings. The molecule has 0 heterocycles. The van der Waals surface area contributed by atoms with E-state index < -0.39 is 0 Å². The smallest absolute Gasteiger partial charge is 0.0407 e.